The zero-order valence-corrected chi connectivity index (χ0v) is 13.7. The van der Waals surface area contributed by atoms with E-state index in [1.807, 2.05) is 0 Å². The highest BCUT2D eigenvalue weighted by atomic mass is 35.5. The van der Waals surface area contributed by atoms with Crippen molar-refractivity contribution in [1.82, 2.24) is 14.8 Å². The lowest BCUT2D eigenvalue weighted by molar-refractivity contribution is -0.144. The minimum absolute atomic E-state index is 0.0814. The van der Waals surface area contributed by atoms with Crippen LogP contribution in [0.3, 0.4) is 0 Å². The Labute approximate surface area is 146 Å². The monoisotopic (exact) mass is 405 g/mol. The Morgan fingerprint density at radius 2 is 1.80 bits per heavy atom. The maximum absolute atomic E-state index is 12.7. The summed E-state index contributed by atoms with van der Waals surface area (Å²) >= 11 is 6.41. The molecule has 0 fully saturated rings. The predicted octanol–water partition coefficient (Wildman–Crippen LogP) is 3.63. The summed E-state index contributed by atoms with van der Waals surface area (Å²) in [5, 5.41) is 3.14. The molecule has 0 saturated carbocycles. The molecule has 13 heteroatoms. The van der Waals surface area contributed by atoms with E-state index in [1.165, 1.54) is 6.07 Å². The van der Waals surface area contributed by atoms with Crippen molar-refractivity contribution < 1.29 is 26.3 Å². The van der Waals surface area contributed by atoms with Crippen LogP contribution in [0.15, 0.2) is 17.0 Å². The Bertz CT molecular complexity index is 773. The summed E-state index contributed by atoms with van der Waals surface area (Å²) < 4.78 is 75.9. The molecule has 5 nitrogen and oxygen atoms in total. The van der Waals surface area contributed by atoms with Gasteiger partial charge >= 0.3 is 12.4 Å². The Hall–Kier alpha value is -1.66. The number of nitrogen functional groups attached to an aromatic ring is 1. The molecule has 1 aromatic carbocycles. The molecule has 0 saturated heterocycles. The largest absolute Gasteiger partial charge is 0.453 e. The first-order valence-electron chi connectivity index (χ1n) is 6.44. The fourth-order valence-electron chi connectivity index (χ4n) is 1.82. The summed E-state index contributed by atoms with van der Waals surface area (Å²) in [4.78, 5) is 3.19. The molecule has 138 valence electrons. The normalized spacial score (nSPS) is 12.6. The van der Waals surface area contributed by atoms with Gasteiger partial charge in [0.15, 0.2) is 0 Å². The third kappa shape index (κ3) is 4.70. The molecule has 4 N–H and O–H groups in total. The van der Waals surface area contributed by atoms with Crippen LogP contribution < -0.4 is 11.5 Å². The molecule has 1 heterocycles. The number of rotatable bonds is 4. The lowest BCUT2D eigenvalue weighted by atomic mass is 10.2. The molecule has 0 radical (unpaired) electrons. The molecule has 0 unspecified atom stereocenters. The number of nitrogens with zero attached hydrogens (tertiary/aromatic N) is 3. The molecule has 0 spiro atoms. The lowest BCUT2D eigenvalue weighted by Crippen LogP contribution is -2.12. The van der Waals surface area contributed by atoms with Crippen molar-refractivity contribution in [2.24, 2.45) is 5.73 Å². The van der Waals surface area contributed by atoms with E-state index in [0.29, 0.717) is 22.0 Å². The van der Waals surface area contributed by atoms with Gasteiger partial charge in [-0.05, 0) is 17.7 Å². The zero-order valence-electron chi connectivity index (χ0n) is 12.1. The van der Waals surface area contributed by atoms with E-state index in [4.69, 9.17) is 23.1 Å². The van der Waals surface area contributed by atoms with Crippen molar-refractivity contribution in [3.05, 3.63) is 28.5 Å². The van der Waals surface area contributed by atoms with Crippen LogP contribution in [-0.2, 0) is 12.7 Å². The summed E-state index contributed by atoms with van der Waals surface area (Å²) in [7, 11) is 0. The van der Waals surface area contributed by atoms with Gasteiger partial charge in [-0.2, -0.15) is 36.0 Å². The van der Waals surface area contributed by atoms with E-state index in [0.717, 1.165) is 6.07 Å². The lowest BCUT2D eigenvalue weighted by Gasteiger charge is -2.13. The van der Waals surface area contributed by atoms with Gasteiger partial charge in [0, 0.05) is 11.4 Å². The average Bonchev–Trinajstić information content (AvgIpc) is 2.86. The fraction of sp³-hybridized carbons (Fsp3) is 0.333. The van der Waals surface area contributed by atoms with E-state index >= 15 is 0 Å². The van der Waals surface area contributed by atoms with Crippen molar-refractivity contribution in [3.63, 3.8) is 0 Å². The van der Waals surface area contributed by atoms with Gasteiger partial charge in [0.2, 0.25) is 5.95 Å². The number of hydrogen-bond acceptors (Lipinski definition) is 5. The van der Waals surface area contributed by atoms with Gasteiger partial charge in [-0.25, -0.2) is 0 Å². The van der Waals surface area contributed by atoms with Crippen LogP contribution in [0.1, 0.15) is 11.4 Å². The highest BCUT2D eigenvalue weighted by Crippen LogP contribution is 2.35. The number of hydrogen-bond donors (Lipinski definition) is 2. The maximum atomic E-state index is 12.7. The number of thioether (sulfide) groups is 1. The topological polar surface area (TPSA) is 82.8 Å². The van der Waals surface area contributed by atoms with E-state index < -0.39 is 29.9 Å². The summed E-state index contributed by atoms with van der Waals surface area (Å²) in [5.74, 6) is -3.31. The van der Waals surface area contributed by atoms with Crippen molar-refractivity contribution in [1.29, 1.82) is 0 Å². The van der Waals surface area contributed by atoms with Crippen LogP contribution in [0.25, 0.3) is 5.69 Å². The Kier molecular flexibility index (Phi) is 5.44. The standard InChI is InChI=1S/C12H10ClF6N5S/c13-6-1-5(3-20)8(25-4-11(14,15)16)2-7(6)24-10(21)22-9(23-24)12(17,18)19/h1-2H,3-4,20H2,(H2,21,22,23). The minimum atomic E-state index is -4.84. The third-order valence-corrected chi connectivity index (χ3v) is 4.32. The van der Waals surface area contributed by atoms with Crippen LogP contribution in [0.4, 0.5) is 32.3 Å². The molecule has 0 bridgehead atoms. The van der Waals surface area contributed by atoms with Gasteiger partial charge in [-0.15, -0.1) is 16.9 Å². The molecule has 0 aliphatic rings. The van der Waals surface area contributed by atoms with Crippen molar-refractivity contribution in [2.75, 3.05) is 11.5 Å². The van der Waals surface area contributed by atoms with Gasteiger partial charge in [-0.1, -0.05) is 11.6 Å². The first-order chi connectivity index (χ1) is 11.4. The fourth-order valence-corrected chi connectivity index (χ4v) is 2.93. The van der Waals surface area contributed by atoms with Gasteiger partial charge in [0.05, 0.1) is 16.5 Å². The van der Waals surface area contributed by atoms with Gasteiger partial charge in [0.1, 0.15) is 0 Å². The Morgan fingerprint density at radius 1 is 1.16 bits per heavy atom. The summed E-state index contributed by atoms with van der Waals surface area (Å²) in [6.07, 6.45) is -9.27. The number of alkyl halides is 6. The molecule has 0 aliphatic heterocycles. The number of halogens is 7. The molecule has 0 atom stereocenters. The van der Waals surface area contributed by atoms with E-state index in [1.54, 1.807) is 0 Å². The van der Waals surface area contributed by atoms with E-state index in [-0.39, 0.29) is 22.2 Å². The predicted molar refractivity (Wildman–Crippen MR) is 80.5 cm³/mol. The Morgan fingerprint density at radius 3 is 2.28 bits per heavy atom. The summed E-state index contributed by atoms with van der Waals surface area (Å²) in [5.41, 5.74) is 11.1. The van der Waals surface area contributed by atoms with E-state index in [2.05, 4.69) is 10.1 Å². The second-order valence-electron chi connectivity index (χ2n) is 4.72. The van der Waals surface area contributed by atoms with Crippen molar-refractivity contribution in [3.8, 4) is 5.69 Å². The summed E-state index contributed by atoms with van der Waals surface area (Å²) in [6.45, 7) is -0.110. The molecule has 2 aromatic rings. The molecule has 2 rings (SSSR count). The number of aromatic nitrogens is 3. The first kappa shape index (κ1) is 19.7. The maximum Gasteiger partial charge on any atom is 0.453 e. The summed E-state index contributed by atoms with van der Waals surface area (Å²) in [6, 6.07) is 2.40. The van der Waals surface area contributed by atoms with Gasteiger partial charge in [-0.3, -0.25) is 0 Å². The second kappa shape index (κ2) is 6.92. The highest BCUT2D eigenvalue weighted by molar-refractivity contribution is 7.99. The molecule has 25 heavy (non-hydrogen) atoms. The Balaban J connectivity index is 2.50. The number of benzene rings is 1. The van der Waals surface area contributed by atoms with Crippen LogP contribution in [-0.4, -0.2) is 26.7 Å². The van der Waals surface area contributed by atoms with Crippen LogP contribution in [0, 0.1) is 0 Å². The van der Waals surface area contributed by atoms with Gasteiger partial charge < -0.3 is 11.5 Å². The molecule has 0 aliphatic carbocycles. The highest BCUT2D eigenvalue weighted by Gasteiger charge is 2.37. The van der Waals surface area contributed by atoms with Crippen LogP contribution >= 0.6 is 23.4 Å². The molecule has 1 aromatic heterocycles. The minimum Gasteiger partial charge on any atom is -0.368 e. The molecule has 0 amide bonds. The quantitative estimate of drug-likeness (QED) is 0.599. The SMILES string of the molecule is NCc1cc(Cl)c(-n2nc(C(F)(F)F)nc2N)cc1SCC(F)(F)F. The van der Waals surface area contributed by atoms with Gasteiger partial charge in [0.25, 0.3) is 5.82 Å². The third-order valence-electron chi connectivity index (χ3n) is 2.86. The van der Waals surface area contributed by atoms with Crippen molar-refractivity contribution >= 4 is 29.3 Å². The zero-order chi connectivity index (χ0) is 19.0. The van der Waals surface area contributed by atoms with Crippen molar-refractivity contribution in [2.45, 2.75) is 23.8 Å². The van der Waals surface area contributed by atoms with Crippen LogP contribution in [0.5, 0.6) is 0 Å². The molecular weight excluding hydrogens is 396 g/mol. The first-order valence-corrected chi connectivity index (χ1v) is 7.81. The number of anilines is 1. The molecular formula is C12H10ClF6N5S. The second-order valence-corrected chi connectivity index (χ2v) is 6.15. The number of nitrogens with two attached hydrogens (primary N) is 2. The smallest absolute Gasteiger partial charge is 0.368 e. The van der Waals surface area contributed by atoms with E-state index in [9.17, 15) is 26.3 Å². The average molecular weight is 406 g/mol. The van der Waals surface area contributed by atoms with Crippen LogP contribution in [0.2, 0.25) is 5.02 Å².